The maximum absolute atomic E-state index is 12.4. The zero-order valence-electron chi connectivity index (χ0n) is 15.9. The van der Waals surface area contributed by atoms with Crippen LogP contribution in [0.1, 0.15) is 41.0 Å². The number of aromatic amines is 1. The first-order chi connectivity index (χ1) is 13.5. The van der Waals surface area contributed by atoms with Gasteiger partial charge in [0.25, 0.3) is 5.91 Å². The second-order valence-electron chi connectivity index (χ2n) is 6.90. The molecule has 2 amide bonds. The molecule has 0 atom stereocenters. The van der Waals surface area contributed by atoms with Crippen LogP contribution in [0, 0.1) is 6.92 Å². The minimum Gasteiger partial charge on any atom is -0.460 e. The lowest BCUT2D eigenvalue weighted by Crippen LogP contribution is -2.28. The molecule has 0 fully saturated rings. The maximum Gasteiger partial charge on any atom is 0.272 e. The van der Waals surface area contributed by atoms with Gasteiger partial charge in [-0.1, -0.05) is 0 Å². The number of H-pyrrole nitrogens is 1. The SMILES string of the molecule is CC(=O)N1CCCn2nc(CNC(=O)c3cc(-c4ccc(C)o4)[nH]n3)cc2C1. The van der Waals surface area contributed by atoms with E-state index in [0.29, 0.717) is 24.5 Å². The van der Waals surface area contributed by atoms with Crippen LogP contribution in [0.15, 0.2) is 28.7 Å². The number of carbonyl (C=O) groups excluding carboxylic acids is 2. The van der Waals surface area contributed by atoms with Gasteiger partial charge in [-0.25, -0.2) is 0 Å². The summed E-state index contributed by atoms with van der Waals surface area (Å²) in [6, 6.07) is 7.27. The summed E-state index contributed by atoms with van der Waals surface area (Å²) in [6.07, 6.45) is 0.863. The first kappa shape index (κ1) is 18.0. The monoisotopic (exact) mass is 382 g/mol. The van der Waals surface area contributed by atoms with E-state index < -0.39 is 0 Å². The van der Waals surface area contributed by atoms with Gasteiger partial charge in [0.15, 0.2) is 11.5 Å². The summed E-state index contributed by atoms with van der Waals surface area (Å²) in [4.78, 5) is 25.9. The van der Waals surface area contributed by atoms with Crippen molar-refractivity contribution in [1.82, 2.24) is 30.2 Å². The van der Waals surface area contributed by atoms with Crippen molar-refractivity contribution in [1.29, 1.82) is 0 Å². The van der Waals surface area contributed by atoms with E-state index in [1.54, 1.807) is 13.0 Å². The lowest BCUT2D eigenvalue weighted by molar-refractivity contribution is -0.129. The van der Waals surface area contributed by atoms with Crippen molar-refractivity contribution < 1.29 is 14.0 Å². The second-order valence-corrected chi connectivity index (χ2v) is 6.90. The van der Waals surface area contributed by atoms with Crippen LogP contribution < -0.4 is 5.32 Å². The van der Waals surface area contributed by atoms with Gasteiger partial charge in [0.05, 0.1) is 24.5 Å². The minimum atomic E-state index is -0.292. The van der Waals surface area contributed by atoms with Crippen molar-refractivity contribution in [3.05, 3.63) is 47.1 Å². The summed E-state index contributed by atoms with van der Waals surface area (Å²) in [7, 11) is 0. The van der Waals surface area contributed by atoms with Gasteiger partial charge in [0, 0.05) is 26.1 Å². The first-order valence-electron chi connectivity index (χ1n) is 9.21. The number of aromatic nitrogens is 4. The Balaban J connectivity index is 1.40. The number of amides is 2. The largest absolute Gasteiger partial charge is 0.460 e. The summed E-state index contributed by atoms with van der Waals surface area (Å²) in [5.41, 5.74) is 2.67. The fraction of sp³-hybridized carbons (Fsp3) is 0.368. The van der Waals surface area contributed by atoms with Gasteiger partial charge in [-0.15, -0.1) is 0 Å². The number of aryl methyl sites for hydroxylation is 2. The number of carbonyl (C=O) groups is 2. The van der Waals surface area contributed by atoms with Crippen LogP contribution in [0.2, 0.25) is 0 Å². The molecule has 1 aliphatic rings. The Morgan fingerprint density at radius 2 is 2.14 bits per heavy atom. The van der Waals surface area contributed by atoms with Crippen molar-refractivity contribution in [2.24, 2.45) is 0 Å². The highest BCUT2D eigenvalue weighted by molar-refractivity contribution is 5.93. The molecule has 9 nitrogen and oxygen atoms in total. The van der Waals surface area contributed by atoms with Crippen molar-refractivity contribution in [3.63, 3.8) is 0 Å². The predicted octanol–water partition coefficient (Wildman–Crippen LogP) is 1.86. The Morgan fingerprint density at radius 3 is 2.89 bits per heavy atom. The molecule has 3 aromatic heterocycles. The number of furan rings is 1. The van der Waals surface area contributed by atoms with Crippen LogP contribution in [0.5, 0.6) is 0 Å². The standard InChI is InChI=1S/C19H22N6O3/c1-12-4-5-18(28-12)16-9-17(22-21-16)19(27)20-10-14-8-15-11-24(13(2)26)6-3-7-25(15)23-14/h4-5,8-9H,3,6-7,10-11H2,1-2H3,(H,20,27)(H,21,22). The maximum atomic E-state index is 12.4. The summed E-state index contributed by atoms with van der Waals surface area (Å²) in [6.45, 7) is 5.77. The van der Waals surface area contributed by atoms with Crippen LogP contribution in [0.4, 0.5) is 0 Å². The lowest BCUT2D eigenvalue weighted by atomic mass is 10.3. The molecule has 28 heavy (non-hydrogen) atoms. The number of rotatable bonds is 4. The Morgan fingerprint density at radius 1 is 1.29 bits per heavy atom. The van der Waals surface area contributed by atoms with E-state index >= 15 is 0 Å². The molecule has 0 spiro atoms. The molecule has 2 N–H and O–H groups in total. The van der Waals surface area contributed by atoms with Crippen molar-refractivity contribution in [3.8, 4) is 11.5 Å². The molecule has 0 saturated carbocycles. The zero-order chi connectivity index (χ0) is 19.7. The van der Waals surface area contributed by atoms with Gasteiger partial charge >= 0.3 is 0 Å². The fourth-order valence-electron chi connectivity index (χ4n) is 3.28. The van der Waals surface area contributed by atoms with Gasteiger partial charge in [-0.2, -0.15) is 10.2 Å². The summed E-state index contributed by atoms with van der Waals surface area (Å²) in [5.74, 6) is 1.19. The van der Waals surface area contributed by atoms with E-state index in [0.717, 1.165) is 36.7 Å². The van der Waals surface area contributed by atoms with Gasteiger partial charge in [0.1, 0.15) is 11.5 Å². The number of nitrogens with one attached hydrogen (secondary N) is 2. The molecule has 3 aromatic rings. The van der Waals surface area contributed by atoms with Gasteiger partial charge in [-0.05, 0) is 31.5 Å². The van der Waals surface area contributed by atoms with Crippen molar-refractivity contribution in [2.45, 2.75) is 39.9 Å². The predicted molar refractivity (Wildman–Crippen MR) is 100 cm³/mol. The van der Waals surface area contributed by atoms with E-state index in [4.69, 9.17) is 4.42 Å². The Kier molecular flexibility index (Phi) is 4.72. The third-order valence-corrected chi connectivity index (χ3v) is 4.76. The van der Waals surface area contributed by atoms with Crippen LogP contribution >= 0.6 is 0 Å². The molecule has 0 bridgehead atoms. The normalized spacial score (nSPS) is 13.9. The van der Waals surface area contributed by atoms with E-state index in [1.807, 2.05) is 34.7 Å². The molecule has 146 valence electrons. The third kappa shape index (κ3) is 3.68. The van der Waals surface area contributed by atoms with Crippen LogP contribution in [0.3, 0.4) is 0 Å². The highest BCUT2D eigenvalue weighted by Gasteiger charge is 2.19. The smallest absolute Gasteiger partial charge is 0.272 e. The molecule has 0 aromatic carbocycles. The van der Waals surface area contributed by atoms with Gasteiger partial charge in [0.2, 0.25) is 5.91 Å². The average molecular weight is 382 g/mol. The van der Waals surface area contributed by atoms with Gasteiger partial charge in [-0.3, -0.25) is 19.4 Å². The number of nitrogens with zero attached hydrogens (tertiary/aromatic N) is 4. The average Bonchev–Trinajstić information content (AvgIpc) is 3.37. The fourth-order valence-corrected chi connectivity index (χ4v) is 3.28. The third-order valence-electron chi connectivity index (χ3n) is 4.76. The number of fused-ring (bicyclic) bond motifs is 1. The van der Waals surface area contributed by atoms with Crippen LogP contribution in [-0.2, 0) is 24.4 Å². The molecule has 9 heteroatoms. The topological polar surface area (TPSA) is 109 Å². The molecular weight excluding hydrogens is 360 g/mol. The number of hydrogen-bond donors (Lipinski definition) is 2. The molecule has 4 heterocycles. The van der Waals surface area contributed by atoms with Crippen LogP contribution in [0.25, 0.3) is 11.5 Å². The van der Waals surface area contributed by atoms with E-state index in [1.165, 1.54) is 0 Å². The molecule has 0 aliphatic carbocycles. The lowest BCUT2D eigenvalue weighted by Gasteiger charge is -2.17. The molecule has 0 unspecified atom stereocenters. The first-order valence-corrected chi connectivity index (χ1v) is 9.21. The highest BCUT2D eigenvalue weighted by Crippen LogP contribution is 2.20. The van der Waals surface area contributed by atoms with E-state index in [2.05, 4.69) is 20.6 Å². The van der Waals surface area contributed by atoms with E-state index in [-0.39, 0.29) is 17.5 Å². The Bertz CT molecular complexity index is 1010. The van der Waals surface area contributed by atoms with Crippen LogP contribution in [-0.4, -0.2) is 43.2 Å². The molecule has 1 aliphatic heterocycles. The Hall–Kier alpha value is -3.36. The number of hydrogen-bond acceptors (Lipinski definition) is 5. The molecule has 4 rings (SSSR count). The minimum absolute atomic E-state index is 0.0607. The molecule has 0 radical (unpaired) electrons. The summed E-state index contributed by atoms with van der Waals surface area (Å²) < 4.78 is 7.44. The second kappa shape index (κ2) is 7.34. The van der Waals surface area contributed by atoms with E-state index in [9.17, 15) is 9.59 Å². The summed E-state index contributed by atoms with van der Waals surface area (Å²) >= 11 is 0. The molecule has 0 saturated heterocycles. The highest BCUT2D eigenvalue weighted by atomic mass is 16.3. The van der Waals surface area contributed by atoms with Crippen molar-refractivity contribution >= 4 is 11.8 Å². The zero-order valence-corrected chi connectivity index (χ0v) is 15.9. The summed E-state index contributed by atoms with van der Waals surface area (Å²) in [5, 5.41) is 14.3. The van der Waals surface area contributed by atoms with Gasteiger partial charge < -0.3 is 14.6 Å². The Labute approximate surface area is 161 Å². The quantitative estimate of drug-likeness (QED) is 0.716. The van der Waals surface area contributed by atoms with Crippen molar-refractivity contribution in [2.75, 3.05) is 6.54 Å². The molecular formula is C19H22N6O3.